The van der Waals surface area contributed by atoms with Gasteiger partial charge in [-0.3, -0.25) is 9.59 Å². The van der Waals surface area contributed by atoms with Crippen LogP contribution in [0.4, 0.5) is 27.6 Å². The fourth-order valence-corrected chi connectivity index (χ4v) is 0.965. The summed E-state index contributed by atoms with van der Waals surface area (Å²) >= 11 is 0. The van der Waals surface area contributed by atoms with Gasteiger partial charge in [-0.1, -0.05) is 0 Å². The number of carbonyl (C=O) groups is 2. The van der Waals surface area contributed by atoms with Crippen LogP contribution < -0.4 is 5.32 Å². The van der Waals surface area contributed by atoms with Gasteiger partial charge in [-0.05, 0) is 12.1 Å². The van der Waals surface area contributed by atoms with E-state index in [2.05, 4.69) is 0 Å². The molecule has 0 aromatic heterocycles. The van der Waals surface area contributed by atoms with E-state index < -0.39 is 35.0 Å². The molecule has 92 valence electrons. The number of rotatable bonds is 2. The zero-order chi connectivity index (χ0) is 13.2. The quantitative estimate of drug-likeness (QED) is 0.649. The number of carbonyl (C=O) groups excluding carboxylic acids is 2. The second-order valence-corrected chi connectivity index (χ2v) is 2.93. The maximum atomic E-state index is 13.1. The van der Waals surface area contributed by atoms with E-state index >= 15 is 0 Å². The molecule has 0 fully saturated rings. The highest BCUT2D eigenvalue weighted by atomic mass is 19.4. The number of hydrogen-bond acceptors (Lipinski definition) is 2. The summed E-state index contributed by atoms with van der Waals surface area (Å²) in [4.78, 5) is 20.7. The van der Waals surface area contributed by atoms with Crippen LogP contribution in [0.2, 0.25) is 0 Å². The van der Waals surface area contributed by atoms with Crippen LogP contribution in [0.5, 0.6) is 0 Å². The van der Waals surface area contributed by atoms with Gasteiger partial charge in [-0.25, -0.2) is 8.78 Å². The summed E-state index contributed by atoms with van der Waals surface area (Å²) in [5.74, 6) is -5.44. The Hall–Kier alpha value is -1.99. The lowest BCUT2D eigenvalue weighted by Crippen LogP contribution is -2.30. The van der Waals surface area contributed by atoms with Crippen LogP contribution in [0.3, 0.4) is 0 Å². The second-order valence-electron chi connectivity index (χ2n) is 2.93. The lowest BCUT2D eigenvalue weighted by molar-refractivity contribution is -0.167. The largest absolute Gasteiger partial charge is 0.471 e. The minimum absolute atomic E-state index is 0.113. The van der Waals surface area contributed by atoms with Crippen molar-refractivity contribution in [2.75, 3.05) is 5.32 Å². The molecule has 0 radical (unpaired) electrons. The summed E-state index contributed by atoms with van der Waals surface area (Å²) in [6.45, 7) is 0. The van der Waals surface area contributed by atoms with Crippen LogP contribution in [0, 0.1) is 11.6 Å². The maximum Gasteiger partial charge on any atom is 0.471 e. The van der Waals surface area contributed by atoms with Gasteiger partial charge in [0.2, 0.25) is 0 Å². The molecule has 1 amide bonds. The van der Waals surface area contributed by atoms with Gasteiger partial charge in [0.1, 0.15) is 23.6 Å². The molecule has 3 nitrogen and oxygen atoms in total. The van der Waals surface area contributed by atoms with Crippen LogP contribution in [0.15, 0.2) is 12.1 Å². The molecular weight excluding hydrogens is 249 g/mol. The summed E-state index contributed by atoms with van der Waals surface area (Å²) in [6.07, 6.45) is -5.15. The van der Waals surface area contributed by atoms with E-state index in [1.807, 2.05) is 0 Å². The number of aldehydes is 1. The number of anilines is 1. The van der Waals surface area contributed by atoms with E-state index in [1.165, 1.54) is 0 Å². The van der Waals surface area contributed by atoms with Crippen LogP contribution in [-0.2, 0) is 4.79 Å². The van der Waals surface area contributed by atoms with E-state index in [4.69, 9.17) is 0 Å². The smallest absolute Gasteiger partial charge is 0.313 e. The third kappa shape index (κ3) is 2.99. The molecule has 0 aliphatic rings. The van der Waals surface area contributed by atoms with E-state index in [9.17, 15) is 31.5 Å². The highest BCUT2D eigenvalue weighted by Crippen LogP contribution is 2.23. The first kappa shape index (κ1) is 13.1. The lowest BCUT2D eigenvalue weighted by Gasteiger charge is -2.09. The average molecular weight is 253 g/mol. The van der Waals surface area contributed by atoms with Crippen molar-refractivity contribution in [3.05, 3.63) is 29.3 Å². The Balaban J connectivity index is 3.08. The molecular formula is C9H4F5NO2. The topological polar surface area (TPSA) is 46.2 Å². The summed E-state index contributed by atoms with van der Waals surface area (Å²) < 4.78 is 61.6. The zero-order valence-electron chi connectivity index (χ0n) is 7.94. The normalized spacial score (nSPS) is 11.1. The Morgan fingerprint density at radius 2 is 1.65 bits per heavy atom. The minimum atomic E-state index is -5.26. The van der Waals surface area contributed by atoms with Gasteiger partial charge in [-0.2, -0.15) is 13.2 Å². The van der Waals surface area contributed by atoms with Crippen molar-refractivity contribution in [2.45, 2.75) is 6.18 Å². The van der Waals surface area contributed by atoms with E-state index in [0.717, 1.165) is 5.32 Å². The van der Waals surface area contributed by atoms with Gasteiger partial charge in [0, 0.05) is 5.56 Å². The third-order valence-electron chi connectivity index (χ3n) is 1.70. The van der Waals surface area contributed by atoms with E-state index in [-0.39, 0.29) is 6.29 Å². The second kappa shape index (κ2) is 4.48. The molecule has 0 unspecified atom stereocenters. The first-order valence-electron chi connectivity index (χ1n) is 4.08. The van der Waals surface area contributed by atoms with Crippen molar-refractivity contribution < 1.29 is 31.5 Å². The molecule has 0 atom stereocenters. The molecule has 8 heteroatoms. The molecule has 0 spiro atoms. The fraction of sp³-hybridized carbons (Fsp3) is 0.111. The summed E-state index contributed by atoms with van der Waals surface area (Å²) in [5.41, 5.74) is -1.65. The molecule has 0 saturated carbocycles. The zero-order valence-corrected chi connectivity index (χ0v) is 7.94. The monoisotopic (exact) mass is 253 g/mol. The maximum absolute atomic E-state index is 13.1. The van der Waals surface area contributed by atoms with Gasteiger partial charge >= 0.3 is 12.1 Å². The number of nitrogens with one attached hydrogen (secondary N) is 1. The standard InChI is InChI=1S/C9H4F5NO2/c10-5-1-4(3-16)2-6(11)7(5)15-8(17)9(12,13)14/h1-3H,(H,15,17). The van der Waals surface area contributed by atoms with Crippen LogP contribution in [-0.4, -0.2) is 18.4 Å². The molecule has 0 aliphatic heterocycles. The molecule has 0 aliphatic carbocycles. The van der Waals surface area contributed by atoms with Gasteiger partial charge in [-0.15, -0.1) is 0 Å². The Morgan fingerprint density at radius 1 is 1.18 bits per heavy atom. The van der Waals surface area contributed by atoms with Crippen molar-refractivity contribution in [2.24, 2.45) is 0 Å². The van der Waals surface area contributed by atoms with Crippen LogP contribution >= 0.6 is 0 Å². The summed E-state index contributed by atoms with van der Waals surface area (Å²) in [5, 5.41) is 1.04. The number of alkyl halides is 3. The molecule has 17 heavy (non-hydrogen) atoms. The molecule has 0 saturated heterocycles. The molecule has 1 aromatic rings. The number of hydrogen-bond donors (Lipinski definition) is 1. The molecule has 1 N–H and O–H groups in total. The number of amides is 1. The SMILES string of the molecule is O=Cc1cc(F)c(NC(=O)C(F)(F)F)c(F)c1. The third-order valence-corrected chi connectivity index (χ3v) is 1.70. The lowest BCUT2D eigenvalue weighted by atomic mass is 10.2. The Labute approximate surface area is 91.2 Å². The summed E-state index contributed by atoms with van der Waals surface area (Å²) in [6, 6.07) is 1.00. The van der Waals surface area contributed by atoms with Crippen molar-refractivity contribution in [1.29, 1.82) is 0 Å². The van der Waals surface area contributed by atoms with Gasteiger partial charge in [0.25, 0.3) is 0 Å². The molecule has 0 bridgehead atoms. The van der Waals surface area contributed by atoms with Crippen molar-refractivity contribution >= 4 is 17.9 Å². The first-order valence-corrected chi connectivity index (χ1v) is 4.08. The van der Waals surface area contributed by atoms with Gasteiger partial charge in [0.15, 0.2) is 0 Å². The Morgan fingerprint density at radius 3 is 2.00 bits per heavy atom. The van der Waals surface area contributed by atoms with Crippen molar-refractivity contribution in [1.82, 2.24) is 0 Å². The first-order chi connectivity index (χ1) is 7.75. The molecule has 0 heterocycles. The van der Waals surface area contributed by atoms with E-state index in [1.54, 1.807) is 0 Å². The van der Waals surface area contributed by atoms with E-state index in [0.29, 0.717) is 12.1 Å². The highest BCUT2D eigenvalue weighted by Gasteiger charge is 2.39. The Bertz CT molecular complexity index is 446. The molecule has 1 rings (SSSR count). The summed E-state index contributed by atoms with van der Waals surface area (Å²) in [7, 11) is 0. The number of halogens is 5. The van der Waals surface area contributed by atoms with Crippen molar-refractivity contribution in [3.8, 4) is 0 Å². The fourth-order valence-electron chi connectivity index (χ4n) is 0.965. The average Bonchev–Trinajstić information content (AvgIpc) is 2.21. The molecule has 1 aromatic carbocycles. The highest BCUT2D eigenvalue weighted by molar-refractivity contribution is 5.95. The predicted octanol–water partition coefficient (Wildman–Crippen LogP) is 2.28. The minimum Gasteiger partial charge on any atom is -0.313 e. The van der Waals surface area contributed by atoms with Crippen LogP contribution in [0.25, 0.3) is 0 Å². The van der Waals surface area contributed by atoms with Gasteiger partial charge < -0.3 is 5.32 Å². The number of benzene rings is 1. The van der Waals surface area contributed by atoms with Crippen LogP contribution in [0.1, 0.15) is 10.4 Å². The Kier molecular flexibility index (Phi) is 3.45. The van der Waals surface area contributed by atoms with Crippen molar-refractivity contribution in [3.63, 3.8) is 0 Å². The van der Waals surface area contributed by atoms with Gasteiger partial charge in [0.05, 0.1) is 0 Å². The predicted molar refractivity (Wildman–Crippen MR) is 46.4 cm³/mol.